The van der Waals surface area contributed by atoms with Crippen LogP contribution in [-0.2, 0) is 19.7 Å². The Morgan fingerprint density at radius 1 is 1.13 bits per heavy atom. The number of fused-ring (bicyclic) bond motifs is 3. The highest BCUT2D eigenvalue weighted by atomic mass is 16.6. The van der Waals surface area contributed by atoms with Gasteiger partial charge in [0.05, 0.1) is 49.9 Å². The lowest BCUT2D eigenvalue weighted by molar-refractivity contribution is -0.967. The molecule has 3 aliphatic heterocycles. The molecule has 3 aliphatic carbocycles. The third-order valence-corrected chi connectivity index (χ3v) is 9.69. The zero-order valence-electron chi connectivity index (χ0n) is 17.9. The Balaban J connectivity index is 1.75. The number of ether oxygens (including phenoxy) is 2. The normalized spacial score (nSPS) is 46.2. The van der Waals surface area contributed by atoms with Crippen molar-refractivity contribution in [1.29, 1.82) is 0 Å². The number of benzene rings is 1. The summed E-state index contributed by atoms with van der Waals surface area (Å²) in [5.41, 5.74) is -2.98. The Morgan fingerprint density at radius 2 is 1.90 bits per heavy atom. The number of para-hydroxylation sites is 1. The van der Waals surface area contributed by atoms with E-state index in [0.29, 0.717) is 44.3 Å². The fourth-order valence-corrected chi connectivity index (χ4v) is 8.91. The average Bonchev–Trinajstić information content (AvgIpc) is 3.20. The topological polar surface area (TPSA) is 99.1 Å². The molecule has 1 N–H and O–H groups in total. The van der Waals surface area contributed by atoms with Crippen molar-refractivity contribution in [2.75, 3.05) is 32.2 Å². The van der Waals surface area contributed by atoms with Crippen LogP contribution in [0, 0.1) is 16.5 Å². The van der Waals surface area contributed by atoms with E-state index in [1.807, 2.05) is 24.3 Å². The summed E-state index contributed by atoms with van der Waals surface area (Å²) in [7, 11) is 2.69. The SMILES string of the molecule is COC(=O)C1C[C@@]23CCC[N+]4([O-])CC[C@@]5(c6ccccc6N(C(=O)OC)[C@]15CC2)[C@]34O. The lowest BCUT2D eigenvalue weighted by Gasteiger charge is -2.74. The molecule has 1 aromatic rings. The molecule has 166 valence electrons. The number of carbonyl (C=O) groups excluding carboxylic acids is 2. The van der Waals surface area contributed by atoms with Crippen LogP contribution in [0.2, 0.25) is 0 Å². The number of aliphatic hydroxyl groups is 1. The van der Waals surface area contributed by atoms with E-state index in [-0.39, 0.29) is 12.5 Å². The van der Waals surface area contributed by atoms with Gasteiger partial charge in [-0.2, -0.15) is 0 Å². The first-order valence-electron chi connectivity index (χ1n) is 11.1. The number of rotatable bonds is 1. The molecule has 8 heteroatoms. The fourth-order valence-electron chi connectivity index (χ4n) is 8.91. The van der Waals surface area contributed by atoms with Crippen molar-refractivity contribution in [3.05, 3.63) is 35.0 Å². The molecule has 1 aromatic carbocycles. The van der Waals surface area contributed by atoms with Crippen molar-refractivity contribution in [3.63, 3.8) is 0 Å². The third-order valence-electron chi connectivity index (χ3n) is 9.69. The number of nitrogens with zero attached hydrogens (tertiary/aromatic N) is 2. The van der Waals surface area contributed by atoms with E-state index in [4.69, 9.17) is 9.47 Å². The molecule has 3 heterocycles. The number of esters is 1. The van der Waals surface area contributed by atoms with Gasteiger partial charge in [0.1, 0.15) is 5.41 Å². The van der Waals surface area contributed by atoms with Gasteiger partial charge in [0.15, 0.2) is 0 Å². The largest absolute Gasteiger partial charge is 0.631 e. The van der Waals surface area contributed by atoms with Gasteiger partial charge in [-0.3, -0.25) is 9.69 Å². The molecule has 31 heavy (non-hydrogen) atoms. The fraction of sp³-hybridized carbons (Fsp3) is 0.652. The highest BCUT2D eigenvalue weighted by molar-refractivity contribution is 5.97. The summed E-state index contributed by atoms with van der Waals surface area (Å²) in [4.78, 5) is 28.1. The second kappa shape index (κ2) is 5.60. The number of piperidine rings is 1. The number of methoxy groups -OCH3 is 2. The average molecular weight is 428 g/mol. The molecule has 5 fully saturated rings. The standard InChI is InChI=1S/C23H28N2O6/c1-30-18(26)16-14-20-8-5-12-25(29)13-11-21(23(20,25)28)15-6-3-4-7-17(15)24(19(27)31-2)22(16,21)10-9-20/h3-4,6-7,16,28H,5,8-14H2,1-2H3/t16?,20-,21+,22-,23-,25?/m1/s1. The number of anilines is 1. The van der Waals surface area contributed by atoms with E-state index in [9.17, 15) is 19.9 Å². The molecule has 6 aliphatic rings. The van der Waals surface area contributed by atoms with Crippen LogP contribution in [0.3, 0.4) is 0 Å². The van der Waals surface area contributed by atoms with Crippen LogP contribution < -0.4 is 4.90 Å². The zero-order chi connectivity index (χ0) is 21.9. The zero-order valence-corrected chi connectivity index (χ0v) is 17.9. The van der Waals surface area contributed by atoms with Crippen LogP contribution in [0.4, 0.5) is 10.5 Å². The van der Waals surface area contributed by atoms with Gasteiger partial charge in [0.2, 0.25) is 5.72 Å². The minimum atomic E-state index is -1.60. The van der Waals surface area contributed by atoms with E-state index >= 15 is 0 Å². The Kier molecular flexibility index (Phi) is 3.53. The maximum atomic E-state index is 14.3. The van der Waals surface area contributed by atoms with Gasteiger partial charge in [0, 0.05) is 6.42 Å². The van der Waals surface area contributed by atoms with Crippen LogP contribution in [-0.4, -0.2) is 60.4 Å². The molecule has 2 bridgehead atoms. The number of hydroxylamine groups is 3. The van der Waals surface area contributed by atoms with Crippen molar-refractivity contribution in [1.82, 2.24) is 0 Å². The van der Waals surface area contributed by atoms with Gasteiger partial charge in [-0.1, -0.05) is 18.2 Å². The van der Waals surface area contributed by atoms with Crippen molar-refractivity contribution < 1.29 is 28.8 Å². The van der Waals surface area contributed by atoms with Gasteiger partial charge in [0.25, 0.3) is 0 Å². The van der Waals surface area contributed by atoms with Crippen molar-refractivity contribution >= 4 is 17.7 Å². The summed E-state index contributed by atoms with van der Waals surface area (Å²) < 4.78 is 9.81. The minimum Gasteiger partial charge on any atom is -0.631 e. The second-order valence-corrected chi connectivity index (χ2v) is 10.1. The first-order chi connectivity index (χ1) is 14.8. The molecular weight excluding hydrogens is 400 g/mol. The number of quaternary nitrogens is 1. The third kappa shape index (κ3) is 1.66. The Labute approximate surface area is 180 Å². The number of carbonyl (C=O) groups is 2. The van der Waals surface area contributed by atoms with Gasteiger partial charge >= 0.3 is 12.1 Å². The van der Waals surface area contributed by atoms with Crippen molar-refractivity contribution in [3.8, 4) is 0 Å². The van der Waals surface area contributed by atoms with Gasteiger partial charge < -0.3 is 24.4 Å². The van der Waals surface area contributed by atoms with Crippen LogP contribution in [0.15, 0.2) is 24.3 Å². The number of hydrogen-bond acceptors (Lipinski definition) is 6. The molecule has 1 amide bonds. The van der Waals surface area contributed by atoms with E-state index in [0.717, 1.165) is 12.0 Å². The Bertz CT molecular complexity index is 1020. The predicted octanol–water partition coefficient (Wildman–Crippen LogP) is 2.42. The van der Waals surface area contributed by atoms with Gasteiger partial charge in [-0.05, 0) is 43.7 Å². The van der Waals surface area contributed by atoms with E-state index in [1.54, 1.807) is 4.90 Å². The molecule has 6 atom stereocenters. The van der Waals surface area contributed by atoms with E-state index in [1.165, 1.54) is 14.2 Å². The molecule has 2 unspecified atom stereocenters. The summed E-state index contributed by atoms with van der Waals surface area (Å²) >= 11 is 0. The molecular formula is C23H28N2O6. The minimum absolute atomic E-state index is 0.275. The molecule has 3 spiro atoms. The molecule has 2 saturated heterocycles. The van der Waals surface area contributed by atoms with Gasteiger partial charge in [-0.15, -0.1) is 0 Å². The van der Waals surface area contributed by atoms with Crippen molar-refractivity contribution in [2.45, 2.75) is 55.2 Å². The summed E-state index contributed by atoms with van der Waals surface area (Å²) in [5.74, 6) is -1.02. The number of hydrogen-bond donors (Lipinski definition) is 1. The highest BCUT2D eigenvalue weighted by Gasteiger charge is 2.91. The molecule has 3 saturated carbocycles. The van der Waals surface area contributed by atoms with E-state index in [2.05, 4.69) is 0 Å². The molecule has 7 rings (SSSR count). The first kappa shape index (κ1) is 19.5. The Morgan fingerprint density at radius 3 is 2.65 bits per heavy atom. The van der Waals surface area contributed by atoms with Gasteiger partial charge in [-0.25, -0.2) is 4.79 Å². The summed E-state index contributed by atoms with van der Waals surface area (Å²) in [6, 6.07) is 7.49. The summed E-state index contributed by atoms with van der Waals surface area (Å²) in [6.45, 7) is 0.636. The Hall–Kier alpha value is -2.16. The maximum Gasteiger partial charge on any atom is 0.414 e. The summed E-state index contributed by atoms with van der Waals surface area (Å²) in [6.07, 6.45) is 2.76. The second-order valence-electron chi connectivity index (χ2n) is 10.1. The van der Waals surface area contributed by atoms with Crippen LogP contribution in [0.25, 0.3) is 0 Å². The van der Waals surface area contributed by atoms with Crippen LogP contribution in [0.1, 0.15) is 44.1 Å². The molecule has 0 radical (unpaired) electrons. The first-order valence-corrected chi connectivity index (χ1v) is 11.1. The molecule has 8 nitrogen and oxygen atoms in total. The summed E-state index contributed by atoms with van der Waals surface area (Å²) in [5, 5.41) is 27.0. The lowest BCUT2D eigenvalue weighted by Crippen LogP contribution is -2.87. The van der Waals surface area contributed by atoms with Crippen LogP contribution in [0.5, 0.6) is 0 Å². The van der Waals surface area contributed by atoms with Crippen LogP contribution >= 0.6 is 0 Å². The quantitative estimate of drug-likeness (QED) is 0.419. The van der Waals surface area contributed by atoms with E-state index < -0.39 is 38.8 Å². The monoisotopic (exact) mass is 428 g/mol. The predicted molar refractivity (Wildman–Crippen MR) is 110 cm³/mol. The highest BCUT2D eigenvalue weighted by Crippen LogP contribution is 2.80. The number of amides is 1. The smallest absolute Gasteiger partial charge is 0.414 e. The van der Waals surface area contributed by atoms with Crippen molar-refractivity contribution in [2.24, 2.45) is 11.3 Å². The molecule has 0 aromatic heterocycles. The maximum absolute atomic E-state index is 14.3. The lowest BCUT2D eigenvalue weighted by atomic mass is 9.37.